The summed E-state index contributed by atoms with van der Waals surface area (Å²) in [6.45, 7) is 0. The van der Waals surface area contributed by atoms with E-state index in [0.717, 1.165) is 0 Å². The Bertz CT molecular complexity index is 222. The summed E-state index contributed by atoms with van der Waals surface area (Å²) in [7, 11) is -6.00. The molecule has 0 spiro atoms. The minimum atomic E-state index is -6.00. The maximum Gasteiger partial charge on any atom is 2.00 e. The van der Waals surface area contributed by atoms with Crippen molar-refractivity contribution in [2.24, 2.45) is 0 Å². The zero-order valence-electron chi connectivity index (χ0n) is 8.22. The van der Waals surface area contributed by atoms with Crippen molar-refractivity contribution < 1.29 is 34.3 Å². The molecule has 0 radical (unpaired) electrons. The Morgan fingerprint density at radius 2 is 0.812 bits per heavy atom. The number of hydrogen-bond donors (Lipinski definition) is 0. The van der Waals surface area contributed by atoms with Crippen LogP contribution in [0.5, 0.6) is 0 Å². The van der Waals surface area contributed by atoms with Crippen LogP contribution in [0.3, 0.4) is 0 Å². The van der Waals surface area contributed by atoms with Gasteiger partial charge in [-0.2, -0.15) is 36.4 Å². The Balaban J connectivity index is 0. The normalized spacial score (nSPS) is 8.75. The SMILES string of the molecule is F[B-](F)(F)F.[Fe+2].c1cc[cH-]c1.c1cc[cH-]c1. The molecule has 0 bridgehead atoms. The van der Waals surface area contributed by atoms with Crippen LogP contribution >= 0.6 is 0 Å². The Kier molecular flexibility index (Phi) is 11.4. The zero-order valence-corrected chi connectivity index (χ0v) is 9.32. The fourth-order valence-electron chi connectivity index (χ4n) is 0.642. The predicted octanol–water partition coefficient (Wildman–Crippen LogP) is 4.11. The zero-order chi connectivity index (χ0) is 11.6. The molecule has 0 unspecified atom stereocenters. The Hall–Kier alpha value is -0.996. The fraction of sp³-hybridized carbons (Fsp3) is 0. The molecular formula is C10H10BF4Fe-. The van der Waals surface area contributed by atoms with Crippen LogP contribution in [0.2, 0.25) is 0 Å². The first-order chi connectivity index (χ1) is 7.00. The van der Waals surface area contributed by atoms with Crippen LogP contribution in [-0.4, -0.2) is 7.25 Å². The van der Waals surface area contributed by atoms with E-state index in [9.17, 15) is 17.3 Å². The van der Waals surface area contributed by atoms with Gasteiger partial charge in [-0.1, -0.05) is 0 Å². The van der Waals surface area contributed by atoms with E-state index < -0.39 is 7.25 Å². The maximum absolute atomic E-state index is 9.75. The van der Waals surface area contributed by atoms with Crippen LogP contribution in [0.15, 0.2) is 60.7 Å². The van der Waals surface area contributed by atoms with Crippen LogP contribution in [0, 0.1) is 0 Å². The van der Waals surface area contributed by atoms with Crippen LogP contribution in [0.25, 0.3) is 0 Å². The molecule has 0 N–H and O–H groups in total. The average molecular weight is 273 g/mol. The Labute approximate surface area is 103 Å². The summed E-state index contributed by atoms with van der Waals surface area (Å²) < 4.78 is 39.0. The molecule has 0 aliphatic heterocycles. The summed E-state index contributed by atoms with van der Waals surface area (Å²) in [5, 5.41) is 0. The van der Waals surface area contributed by atoms with Crippen molar-refractivity contribution in [3.63, 3.8) is 0 Å². The molecule has 2 aromatic carbocycles. The Morgan fingerprint density at radius 3 is 0.875 bits per heavy atom. The van der Waals surface area contributed by atoms with Crippen molar-refractivity contribution in [1.82, 2.24) is 0 Å². The van der Waals surface area contributed by atoms with Crippen molar-refractivity contribution >= 4 is 7.25 Å². The molecule has 0 aliphatic carbocycles. The third-order valence-electron chi connectivity index (χ3n) is 1.11. The first-order valence-corrected chi connectivity index (χ1v) is 4.21. The summed E-state index contributed by atoms with van der Waals surface area (Å²) >= 11 is 0. The summed E-state index contributed by atoms with van der Waals surface area (Å²) in [6.07, 6.45) is 0. The molecular weight excluding hydrogens is 263 g/mol. The van der Waals surface area contributed by atoms with E-state index in [1.54, 1.807) is 0 Å². The standard InChI is InChI=1S/2C5H5.BF4.Fe/c2*1-2-4-5-3-1;2-1(3,4)5;/h2*1-5H;;/q3*-1;+2. The first kappa shape index (κ1) is 17.4. The number of rotatable bonds is 0. The molecule has 0 saturated heterocycles. The monoisotopic (exact) mass is 273 g/mol. The first-order valence-electron chi connectivity index (χ1n) is 4.21. The second-order valence-electron chi connectivity index (χ2n) is 2.42. The summed E-state index contributed by atoms with van der Waals surface area (Å²) in [4.78, 5) is 0. The van der Waals surface area contributed by atoms with Gasteiger partial charge in [0.2, 0.25) is 0 Å². The van der Waals surface area contributed by atoms with Gasteiger partial charge in [-0.3, -0.25) is 0 Å². The average Bonchev–Trinajstić information content (AvgIpc) is 2.81. The molecule has 0 saturated carbocycles. The third-order valence-corrected chi connectivity index (χ3v) is 1.11. The molecule has 90 valence electrons. The summed E-state index contributed by atoms with van der Waals surface area (Å²) in [5.41, 5.74) is 0. The van der Waals surface area contributed by atoms with Gasteiger partial charge < -0.3 is 17.3 Å². The molecule has 6 heteroatoms. The van der Waals surface area contributed by atoms with Crippen molar-refractivity contribution in [2.45, 2.75) is 0 Å². The molecule has 0 amide bonds. The van der Waals surface area contributed by atoms with Crippen molar-refractivity contribution in [3.8, 4) is 0 Å². The molecule has 0 aromatic heterocycles. The fourth-order valence-corrected chi connectivity index (χ4v) is 0.642. The van der Waals surface area contributed by atoms with E-state index in [1.807, 2.05) is 60.7 Å². The van der Waals surface area contributed by atoms with Gasteiger partial charge in [0.25, 0.3) is 0 Å². The molecule has 0 atom stereocenters. The second-order valence-corrected chi connectivity index (χ2v) is 2.42. The number of halogens is 4. The van der Waals surface area contributed by atoms with Gasteiger partial charge in [-0.05, 0) is 0 Å². The van der Waals surface area contributed by atoms with Crippen molar-refractivity contribution in [1.29, 1.82) is 0 Å². The van der Waals surface area contributed by atoms with Gasteiger partial charge in [-0.25, -0.2) is 24.3 Å². The molecule has 2 aromatic rings. The van der Waals surface area contributed by atoms with E-state index in [-0.39, 0.29) is 17.1 Å². The molecule has 2 rings (SSSR count). The largest absolute Gasteiger partial charge is 2.00 e. The maximum atomic E-state index is 9.75. The molecule has 0 nitrogen and oxygen atoms in total. The third kappa shape index (κ3) is 23.1. The quantitative estimate of drug-likeness (QED) is 0.385. The van der Waals surface area contributed by atoms with E-state index in [4.69, 9.17) is 0 Å². The summed E-state index contributed by atoms with van der Waals surface area (Å²) in [6, 6.07) is 20.0. The smallest absolute Gasteiger partial charge is 0.418 e. The van der Waals surface area contributed by atoms with Crippen molar-refractivity contribution in [2.75, 3.05) is 0 Å². The van der Waals surface area contributed by atoms with Crippen molar-refractivity contribution in [3.05, 3.63) is 60.7 Å². The van der Waals surface area contributed by atoms with Crippen LogP contribution in [0.4, 0.5) is 17.3 Å². The minimum absolute atomic E-state index is 0. The van der Waals surface area contributed by atoms with Gasteiger partial charge >= 0.3 is 24.3 Å². The second kappa shape index (κ2) is 10.5. The van der Waals surface area contributed by atoms with E-state index in [1.165, 1.54) is 0 Å². The minimum Gasteiger partial charge on any atom is -0.418 e. The van der Waals surface area contributed by atoms with E-state index in [2.05, 4.69) is 0 Å². The summed E-state index contributed by atoms with van der Waals surface area (Å²) in [5.74, 6) is 0. The number of hydrogen-bond acceptors (Lipinski definition) is 0. The van der Waals surface area contributed by atoms with Gasteiger partial charge in [-0.15, -0.1) is 0 Å². The van der Waals surface area contributed by atoms with Gasteiger partial charge in [0.05, 0.1) is 0 Å². The van der Waals surface area contributed by atoms with Crippen LogP contribution in [-0.2, 0) is 17.1 Å². The molecule has 0 aliphatic rings. The Morgan fingerprint density at radius 1 is 0.625 bits per heavy atom. The van der Waals surface area contributed by atoms with E-state index >= 15 is 0 Å². The molecule has 16 heavy (non-hydrogen) atoms. The van der Waals surface area contributed by atoms with E-state index in [0.29, 0.717) is 0 Å². The predicted molar refractivity (Wildman–Crippen MR) is 54.3 cm³/mol. The van der Waals surface area contributed by atoms with Gasteiger partial charge in [0.15, 0.2) is 0 Å². The topological polar surface area (TPSA) is 0 Å². The van der Waals surface area contributed by atoms with Gasteiger partial charge in [0.1, 0.15) is 0 Å². The van der Waals surface area contributed by atoms with Crippen LogP contribution in [0.1, 0.15) is 0 Å². The van der Waals surface area contributed by atoms with Crippen LogP contribution < -0.4 is 0 Å². The molecule has 0 fully saturated rings. The van der Waals surface area contributed by atoms with Gasteiger partial charge in [0, 0.05) is 0 Å². The molecule has 0 heterocycles.